The summed E-state index contributed by atoms with van der Waals surface area (Å²) in [5.41, 5.74) is -1.06. The average Bonchev–Trinajstić information content (AvgIpc) is 2.70. The lowest BCUT2D eigenvalue weighted by atomic mass is 10.1. The van der Waals surface area contributed by atoms with Crippen LogP contribution in [0.5, 0.6) is 0 Å². The number of aromatic nitrogens is 1. The molecule has 0 spiro atoms. The molecule has 172 valence electrons. The van der Waals surface area contributed by atoms with Gasteiger partial charge in [0.25, 0.3) is 5.91 Å². The van der Waals surface area contributed by atoms with Gasteiger partial charge in [-0.1, -0.05) is 11.6 Å². The summed E-state index contributed by atoms with van der Waals surface area (Å²) < 4.78 is 48.3. The van der Waals surface area contributed by atoms with Crippen molar-refractivity contribution in [2.75, 3.05) is 37.7 Å². The molecule has 3 rings (SSSR count). The molecule has 0 unspecified atom stereocenters. The Balaban J connectivity index is 1.56. The van der Waals surface area contributed by atoms with E-state index in [0.717, 1.165) is 12.1 Å². The van der Waals surface area contributed by atoms with Crippen molar-refractivity contribution < 1.29 is 31.9 Å². The van der Waals surface area contributed by atoms with Gasteiger partial charge in [-0.05, 0) is 25.5 Å². The summed E-state index contributed by atoms with van der Waals surface area (Å²) in [4.78, 5) is 43.0. The molecule has 1 saturated heterocycles. The molecule has 32 heavy (non-hydrogen) atoms. The third-order valence-electron chi connectivity index (χ3n) is 4.95. The average molecular weight is 474 g/mol. The number of rotatable bonds is 4. The van der Waals surface area contributed by atoms with Crippen LogP contribution in [0.2, 0.25) is 5.02 Å². The van der Waals surface area contributed by atoms with Crippen LogP contribution in [0.15, 0.2) is 27.5 Å². The second-order valence-electron chi connectivity index (χ2n) is 7.15. The molecule has 0 saturated carbocycles. The number of esters is 1. The van der Waals surface area contributed by atoms with Gasteiger partial charge in [0, 0.05) is 38.4 Å². The van der Waals surface area contributed by atoms with Gasteiger partial charge in [0.15, 0.2) is 6.61 Å². The van der Waals surface area contributed by atoms with Crippen LogP contribution in [-0.2, 0) is 15.7 Å². The smallest absolute Gasteiger partial charge is 0.417 e. The first-order chi connectivity index (χ1) is 15.0. The summed E-state index contributed by atoms with van der Waals surface area (Å²) >= 11 is 5.98. The minimum absolute atomic E-state index is 0.0882. The van der Waals surface area contributed by atoms with Crippen LogP contribution in [0, 0.1) is 13.8 Å². The highest BCUT2D eigenvalue weighted by atomic mass is 35.5. The SMILES string of the molecule is Cc1cc(=O)oc(C)c1C(=O)OCC(=O)N1CCN(c2ncc(C(F)(F)F)cc2Cl)CC1. The number of nitrogens with zero attached hydrogens (tertiary/aromatic N) is 3. The quantitative estimate of drug-likeness (QED) is 0.630. The van der Waals surface area contributed by atoms with E-state index in [-0.39, 0.29) is 35.3 Å². The van der Waals surface area contributed by atoms with Crippen LogP contribution in [-0.4, -0.2) is 54.5 Å². The van der Waals surface area contributed by atoms with Crippen molar-refractivity contribution in [1.29, 1.82) is 0 Å². The second kappa shape index (κ2) is 9.19. The van der Waals surface area contributed by atoms with Crippen molar-refractivity contribution in [3.8, 4) is 0 Å². The number of halogens is 4. The number of pyridine rings is 1. The first-order valence-corrected chi connectivity index (χ1v) is 9.89. The van der Waals surface area contributed by atoms with E-state index in [4.69, 9.17) is 20.8 Å². The molecule has 1 aliphatic heterocycles. The number of carbonyl (C=O) groups excluding carboxylic acids is 2. The molecule has 3 heterocycles. The van der Waals surface area contributed by atoms with Crippen molar-refractivity contribution in [1.82, 2.24) is 9.88 Å². The van der Waals surface area contributed by atoms with Gasteiger partial charge in [-0.2, -0.15) is 13.2 Å². The van der Waals surface area contributed by atoms with Crippen molar-refractivity contribution in [2.45, 2.75) is 20.0 Å². The number of carbonyl (C=O) groups is 2. The van der Waals surface area contributed by atoms with E-state index in [1.54, 1.807) is 11.8 Å². The zero-order valence-electron chi connectivity index (χ0n) is 17.2. The van der Waals surface area contributed by atoms with Gasteiger partial charge >= 0.3 is 17.8 Å². The maximum atomic E-state index is 12.8. The minimum atomic E-state index is -4.54. The van der Waals surface area contributed by atoms with Gasteiger partial charge in [0.2, 0.25) is 0 Å². The molecule has 12 heteroatoms. The Hall–Kier alpha value is -3.08. The lowest BCUT2D eigenvalue weighted by Crippen LogP contribution is -2.50. The normalized spacial score (nSPS) is 14.4. The van der Waals surface area contributed by atoms with E-state index in [2.05, 4.69) is 4.98 Å². The van der Waals surface area contributed by atoms with Gasteiger partial charge in [-0.25, -0.2) is 14.6 Å². The lowest BCUT2D eigenvalue weighted by molar-refractivity contribution is -0.138. The van der Waals surface area contributed by atoms with Gasteiger partial charge in [-0.3, -0.25) is 4.79 Å². The summed E-state index contributed by atoms with van der Waals surface area (Å²) in [7, 11) is 0. The summed E-state index contributed by atoms with van der Waals surface area (Å²) in [6, 6.07) is 1.97. The van der Waals surface area contributed by atoms with Crippen molar-refractivity contribution in [3.05, 3.63) is 56.2 Å². The van der Waals surface area contributed by atoms with Crippen LogP contribution in [0.25, 0.3) is 0 Å². The van der Waals surface area contributed by atoms with Crippen molar-refractivity contribution in [3.63, 3.8) is 0 Å². The van der Waals surface area contributed by atoms with Gasteiger partial charge in [-0.15, -0.1) is 0 Å². The number of amides is 1. The first kappa shape index (κ1) is 23.6. The molecule has 1 aliphatic rings. The monoisotopic (exact) mass is 473 g/mol. The fourth-order valence-electron chi connectivity index (χ4n) is 3.34. The number of hydrogen-bond donors (Lipinski definition) is 0. The summed E-state index contributed by atoms with van der Waals surface area (Å²) in [6.07, 6.45) is -3.83. The zero-order chi connectivity index (χ0) is 23.6. The molecule has 1 amide bonds. The predicted molar refractivity (Wildman–Crippen MR) is 108 cm³/mol. The van der Waals surface area contributed by atoms with E-state index >= 15 is 0 Å². The molecule has 0 atom stereocenters. The molecule has 0 bridgehead atoms. The van der Waals surface area contributed by atoms with Crippen LogP contribution in [0.4, 0.5) is 19.0 Å². The fourth-order valence-corrected chi connectivity index (χ4v) is 3.63. The number of anilines is 1. The van der Waals surface area contributed by atoms with Crippen LogP contribution < -0.4 is 10.5 Å². The number of piperazine rings is 1. The van der Waals surface area contributed by atoms with Crippen LogP contribution in [0.3, 0.4) is 0 Å². The molecule has 0 aliphatic carbocycles. The van der Waals surface area contributed by atoms with Crippen molar-refractivity contribution in [2.24, 2.45) is 0 Å². The molecule has 2 aromatic rings. The molecule has 0 radical (unpaired) electrons. The first-order valence-electron chi connectivity index (χ1n) is 9.51. The van der Waals surface area contributed by atoms with E-state index in [0.29, 0.717) is 24.8 Å². The zero-order valence-corrected chi connectivity index (χ0v) is 17.9. The van der Waals surface area contributed by atoms with Crippen LogP contribution in [0.1, 0.15) is 27.2 Å². The maximum Gasteiger partial charge on any atom is 0.417 e. The summed E-state index contributed by atoms with van der Waals surface area (Å²) in [5, 5.41) is -0.131. The third-order valence-corrected chi connectivity index (χ3v) is 5.22. The fraction of sp³-hybridized carbons (Fsp3) is 0.400. The molecule has 1 fully saturated rings. The predicted octanol–water partition coefficient (Wildman–Crippen LogP) is 2.83. The highest BCUT2D eigenvalue weighted by molar-refractivity contribution is 6.33. The highest BCUT2D eigenvalue weighted by Crippen LogP contribution is 2.33. The largest absolute Gasteiger partial charge is 0.452 e. The van der Waals surface area contributed by atoms with Gasteiger partial charge in [0.05, 0.1) is 10.6 Å². The Morgan fingerprint density at radius 3 is 2.41 bits per heavy atom. The minimum Gasteiger partial charge on any atom is -0.452 e. The number of hydrogen-bond acceptors (Lipinski definition) is 7. The highest BCUT2D eigenvalue weighted by Gasteiger charge is 2.32. The van der Waals surface area contributed by atoms with E-state index in [9.17, 15) is 27.6 Å². The Morgan fingerprint density at radius 2 is 1.84 bits per heavy atom. The second-order valence-corrected chi connectivity index (χ2v) is 7.56. The summed E-state index contributed by atoms with van der Waals surface area (Å²) in [6.45, 7) is 3.57. The van der Waals surface area contributed by atoms with E-state index < -0.39 is 35.8 Å². The van der Waals surface area contributed by atoms with Gasteiger partial charge in [0.1, 0.15) is 17.1 Å². The van der Waals surface area contributed by atoms with Crippen molar-refractivity contribution >= 4 is 29.3 Å². The molecule has 0 aromatic carbocycles. The molecule has 2 aromatic heterocycles. The van der Waals surface area contributed by atoms with E-state index in [1.165, 1.54) is 11.8 Å². The Bertz CT molecular complexity index is 1070. The Morgan fingerprint density at radius 1 is 1.19 bits per heavy atom. The molecule has 8 nitrogen and oxygen atoms in total. The topological polar surface area (TPSA) is 93.0 Å². The Kier molecular flexibility index (Phi) is 6.77. The van der Waals surface area contributed by atoms with Crippen LogP contribution >= 0.6 is 11.6 Å². The molecular formula is C20H19ClF3N3O5. The number of alkyl halides is 3. The third kappa shape index (κ3) is 5.21. The molecular weight excluding hydrogens is 455 g/mol. The number of aryl methyl sites for hydroxylation is 2. The van der Waals surface area contributed by atoms with E-state index in [1.807, 2.05) is 0 Å². The summed E-state index contributed by atoms with van der Waals surface area (Å²) in [5.74, 6) is -0.912. The lowest BCUT2D eigenvalue weighted by Gasteiger charge is -2.35. The standard InChI is InChI=1S/C20H19ClF3N3O5/c1-11-7-16(29)32-12(2)17(11)19(30)31-10-15(28)26-3-5-27(6-4-26)18-14(21)8-13(9-25-18)20(22,23)24/h7-9H,3-6,10H2,1-2H3. The van der Waals surface area contributed by atoms with Gasteiger partial charge < -0.3 is 19.0 Å². The maximum absolute atomic E-state index is 12.8. The Labute approximate surface area is 185 Å². The molecule has 0 N–H and O–H groups in total. The number of ether oxygens (including phenoxy) is 1.